The van der Waals surface area contributed by atoms with Crippen LogP contribution < -0.4 is 11.0 Å². The van der Waals surface area contributed by atoms with E-state index in [-0.39, 0.29) is 5.25 Å². The van der Waals surface area contributed by atoms with Gasteiger partial charge >= 0.3 is 0 Å². The standard InChI is InChI=1S/C6H13NO2S.C3H5N3/c7-10(8,9)6-4-2-1-3-5-6;4-6-3-1-2-5-6/h6H,1-5H2,(H2,7,8,9);1-3H,4H2. The topological polar surface area (TPSA) is 104 Å². The minimum atomic E-state index is -3.23. The van der Waals surface area contributed by atoms with Gasteiger partial charge in [0.1, 0.15) is 0 Å². The zero-order valence-corrected chi connectivity index (χ0v) is 9.94. The maximum atomic E-state index is 10.8. The predicted molar refractivity (Wildman–Crippen MR) is 62.4 cm³/mol. The van der Waals surface area contributed by atoms with E-state index in [1.807, 2.05) is 0 Å². The normalized spacial score (nSPS) is 17.6. The lowest BCUT2D eigenvalue weighted by molar-refractivity contribution is 0.484. The summed E-state index contributed by atoms with van der Waals surface area (Å²) in [5, 5.41) is 8.34. The van der Waals surface area contributed by atoms with Gasteiger partial charge < -0.3 is 5.84 Å². The lowest BCUT2D eigenvalue weighted by Crippen LogP contribution is -2.30. The van der Waals surface area contributed by atoms with E-state index < -0.39 is 10.0 Å². The molecule has 2 rings (SSSR count). The van der Waals surface area contributed by atoms with E-state index in [0.29, 0.717) is 0 Å². The molecule has 16 heavy (non-hydrogen) atoms. The fourth-order valence-corrected chi connectivity index (χ4v) is 2.66. The van der Waals surface area contributed by atoms with Crippen molar-refractivity contribution >= 4 is 10.0 Å². The third-order valence-corrected chi connectivity index (χ3v) is 3.94. The molecule has 1 saturated carbocycles. The van der Waals surface area contributed by atoms with Crippen LogP contribution in [-0.4, -0.2) is 23.6 Å². The Hall–Kier alpha value is -1.08. The maximum Gasteiger partial charge on any atom is 0.211 e. The van der Waals surface area contributed by atoms with Crippen LogP contribution in [0.25, 0.3) is 0 Å². The third kappa shape index (κ3) is 4.63. The first-order valence-electron chi connectivity index (χ1n) is 5.26. The summed E-state index contributed by atoms with van der Waals surface area (Å²) in [7, 11) is -3.23. The molecule has 7 heteroatoms. The highest BCUT2D eigenvalue weighted by Gasteiger charge is 2.22. The quantitative estimate of drug-likeness (QED) is 0.691. The predicted octanol–water partition coefficient (Wildman–Crippen LogP) is 0.205. The molecule has 0 atom stereocenters. The van der Waals surface area contributed by atoms with E-state index in [9.17, 15) is 8.42 Å². The van der Waals surface area contributed by atoms with Gasteiger partial charge in [-0.15, -0.1) is 0 Å². The summed E-state index contributed by atoms with van der Waals surface area (Å²) < 4.78 is 21.5. The summed E-state index contributed by atoms with van der Waals surface area (Å²) >= 11 is 0. The second kappa shape index (κ2) is 5.86. The van der Waals surface area contributed by atoms with E-state index >= 15 is 0 Å². The molecule has 0 spiro atoms. The Bertz CT molecular complexity index is 382. The van der Waals surface area contributed by atoms with Gasteiger partial charge in [-0.3, -0.25) is 0 Å². The summed E-state index contributed by atoms with van der Waals surface area (Å²) in [5.41, 5.74) is 0. The van der Waals surface area contributed by atoms with Crippen LogP contribution in [0.2, 0.25) is 0 Å². The lowest BCUT2D eigenvalue weighted by atomic mass is 10.0. The van der Waals surface area contributed by atoms with Crippen molar-refractivity contribution in [3.8, 4) is 0 Å². The van der Waals surface area contributed by atoms with E-state index in [0.717, 1.165) is 32.1 Å². The first-order chi connectivity index (χ1) is 7.50. The zero-order chi connectivity index (χ0) is 12.0. The Labute approximate surface area is 95.6 Å². The van der Waals surface area contributed by atoms with Crippen LogP contribution in [0.5, 0.6) is 0 Å². The number of aromatic nitrogens is 2. The van der Waals surface area contributed by atoms with Crippen molar-refractivity contribution in [1.29, 1.82) is 0 Å². The first kappa shape index (κ1) is 13.0. The SMILES string of the molecule is NS(=O)(=O)C1CCCCC1.Nn1cccn1. The number of hydrogen-bond donors (Lipinski definition) is 2. The Kier molecular flexibility index (Phi) is 4.75. The summed E-state index contributed by atoms with van der Waals surface area (Å²) in [4.78, 5) is 1.25. The average molecular weight is 246 g/mol. The molecule has 1 aliphatic carbocycles. The molecule has 0 amide bonds. The van der Waals surface area contributed by atoms with Crippen molar-refractivity contribution in [2.24, 2.45) is 5.14 Å². The highest BCUT2D eigenvalue weighted by Crippen LogP contribution is 2.21. The molecule has 1 aliphatic rings. The fraction of sp³-hybridized carbons (Fsp3) is 0.667. The number of nitrogen functional groups attached to an aromatic ring is 1. The minimum absolute atomic E-state index is 0.249. The van der Waals surface area contributed by atoms with Crippen LogP contribution in [-0.2, 0) is 10.0 Å². The zero-order valence-electron chi connectivity index (χ0n) is 9.12. The van der Waals surface area contributed by atoms with Crippen molar-refractivity contribution in [3.05, 3.63) is 18.5 Å². The lowest BCUT2D eigenvalue weighted by Gasteiger charge is -2.18. The molecule has 92 valence electrons. The van der Waals surface area contributed by atoms with E-state index in [2.05, 4.69) is 5.10 Å². The Morgan fingerprint density at radius 2 is 1.88 bits per heavy atom. The number of nitrogens with two attached hydrogens (primary N) is 2. The van der Waals surface area contributed by atoms with Crippen LogP contribution >= 0.6 is 0 Å². The summed E-state index contributed by atoms with van der Waals surface area (Å²) in [6.45, 7) is 0. The van der Waals surface area contributed by atoms with Crippen molar-refractivity contribution in [2.45, 2.75) is 37.4 Å². The van der Waals surface area contributed by atoms with Gasteiger partial charge in [-0.2, -0.15) is 9.89 Å². The molecule has 0 unspecified atom stereocenters. The van der Waals surface area contributed by atoms with Gasteiger partial charge in [0, 0.05) is 6.20 Å². The molecule has 1 aromatic heterocycles. The van der Waals surface area contributed by atoms with Gasteiger partial charge in [0.2, 0.25) is 10.0 Å². The number of hydrogen-bond acceptors (Lipinski definition) is 4. The van der Waals surface area contributed by atoms with Crippen LogP contribution in [0.15, 0.2) is 18.5 Å². The molecule has 0 radical (unpaired) electrons. The van der Waals surface area contributed by atoms with Gasteiger partial charge in [0.25, 0.3) is 0 Å². The smallest absolute Gasteiger partial charge is 0.211 e. The summed E-state index contributed by atoms with van der Waals surface area (Å²) in [6, 6.07) is 1.76. The molecule has 0 saturated heterocycles. The van der Waals surface area contributed by atoms with Gasteiger partial charge in [0.15, 0.2) is 0 Å². The first-order valence-corrected chi connectivity index (χ1v) is 6.87. The van der Waals surface area contributed by atoms with E-state index in [1.165, 1.54) is 4.79 Å². The number of nitrogens with zero attached hydrogens (tertiary/aromatic N) is 2. The average Bonchev–Trinajstić information content (AvgIpc) is 2.70. The number of primary sulfonamides is 1. The number of rotatable bonds is 1. The molecular weight excluding hydrogens is 228 g/mol. The second-order valence-electron chi connectivity index (χ2n) is 3.84. The Balaban J connectivity index is 0.000000181. The third-order valence-electron chi connectivity index (χ3n) is 2.54. The fourth-order valence-electron chi connectivity index (χ4n) is 1.67. The molecular formula is C9H18N4O2S. The Morgan fingerprint density at radius 3 is 2.12 bits per heavy atom. The van der Waals surface area contributed by atoms with Gasteiger partial charge in [-0.25, -0.2) is 13.6 Å². The Morgan fingerprint density at radius 1 is 1.25 bits per heavy atom. The second-order valence-corrected chi connectivity index (χ2v) is 5.68. The molecule has 0 aliphatic heterocycles. The van der Waals surface area contributed by atoms with Crippen molar-refractivity contribution in [3.63, 3.8) is 0 Å². The van der Waals surface area contributed by atoms with Crippen LogP contribution in [0.4, 0.5) is 0 Å². The largest absolute Gasteiger partial charge is 0.323 e. The van der Waals surface area contributed by atoms with Crippen molar-refractivity contribution in [2.75, 3.05) is 5.84 Å². The molecule has 4 N–H and O–H groups in total. The van der Waals surface area contributed by atoms with Gasteiger partial charge in [-0.1, -0.05) is 19.3 Å². The minimum Gasteiger partial charge on any atom is -0.323 e. The van der Waals surface area contributed by atoms with Crippen molar-refractivity contribution in [1.82, 2.24) is 9.89 Å². The highest BCUT2D eigenvalue weighted by atomic mass is 32.2. The van der Waals surface area contributed by atoms with E-state index in [1.54, 1.807) is 18.5 Å². The van der Waals surface area contributed by atoms with Crippen LogP contribution in [0, 0.1) is 0 Å². The molecule has 0 bridgehead atoms. The molecule has 1 aromatic rings. The summed E-state index contributed by atoms with van der Waals surface area (Å²) in [6.07, 6.45) is 8.01. The van der Waals surface area contributed by atoms with Crippen LogP contribution in [0.3, 0.4) is 0 Å². The van der Waals surface area contributed by atoms with Crippen molar-refractivity contribution < 1.29 is 8.42 Å². The molecule has 6 nitrogen and oxygen atoms in total. The molecule has 1 fully saturated rings. The maximum absolute atomic E-state index is 10.8. The molecule has 1 heterocycles. The van der Waals surface area contributed by atoms with E-state index in [4.69, 9.17) is 11.0 Å². The monoisotopic (exact) mass is 246 g/mol. The van der Waals surface area contributed by atoms with Gasteiger partial charge in [0.05, 0.1) is 11.4 Å². The molecule has 0 aromatic carbocycles. The highest BCUT2D eigenvalue weighted by molar-refractivity contribution is 7.89. The number of sulfonamides is 1. The van der Waals surface area contributed by atoms with Gasteiger partial charge in [-0.05, 0) is 18.9 Å². The summed E-state index contributed by atoms with van der Waals surface area (Å²) in [5.74, 6) is 5.08. The van der Waals surface area contributed by atoms with Crippen LogP contribution in [0.1, 0.15) is 32.1 Å².